The van der Waals surface area contributed by atoms with E-state index in [1.54, 1.807) is 23.1 Å². The Kier molecular flexibility index (Phi) is 4.36. The zero-order valence-electron chi connectivity index (χ0n) is 12.7. The molecule has 7 heteroatoms. The Morgan fingerprint density at radius 3 is 2.91 bits per heavy atom. The van der Waals surface area contributed by atoms with Crippen LogP contribution < -0.4 is 25.0 Å². The number of urea groups is 1. The van der Waals surface area contributed by atoms with Gasteiger partial charge in [-0.15, -0.1) is 6.58 Å². The molecule has 3 rings (SSSR count). The first-order valence-electron chi connectivity index (χ1n) is 7.52. The Balaban J connectivity index is 1.66. The van der Waals surface area contributed by atoms with Gasteiger partial charge in [-0.3, -0.25) is 4.79 Å². The molecular weight excluding hydrogens is 298 g/mol. The molecule has 0 unspecified atom stereocenters. The highest BCUT2D eigenvalue weighted by molar-refractivity contribution is 5.97. The molecule has 2 aliphatic rings. The molecule has 0 aliphatic carbocycles. The summed E-state index contributed by atoms with van der Waals surface area (Å²) in [5, 5.41) is 5.43. The van der Waals surface area contributed by atoms with Gasteiger partial charge in [0, 0.05) is 31.3 Å². The van der Waals surface area contributed by atoms with E-state index in [-0.39, 0.29) is 24.4 Å². The standard InChI is InChI=1S/C16H19N3O4/c1-2-5-17-16(21)18-11-8-15(20)19(10-11)12-3-4-13-14(9-12)23-7-6-22-13/h2-4,9,11H,1,5-8,10H2,(H2,17,18,21)/t11-/m1/s1. The van der Waals surface area contributed by atoms with Crippen LogP contribution in [0, 0.1) is 0 Å². The van der Waals surface area contributed by atoms with Crippen molar-refractivity contribution in [2.24, 2.45) is 0 Å². The second-order valence-corrected chi connectivity index (χ2v) is 5.38. The summed E-state index contributed by atoms with van der Waals surface area (Å²) in [4.78, 5) is 25.5. The number of hydrogen-bond donors (Lipinski definition) is 2. The molecule has 1 aromatic rings. The van der Waals surface area contributed by atoms with Gasteiger partial charge in [-0.05, 0) is 12.1 Å². The van der Waals surface area contributed by atoms with Gasteiger partial charge in [0.05, 0.1) is 6.04 Å². The minimum Gasteiger partial charge on any atom is -0.486 e. The summed E-state index contributed by atoms with van der Waals surface area (Å²) in [6, 6.07) is 4.90. The molecule has 1 fully saturated rings. The predicted molar refractivity (Wildman–Crippen MR) is 84.9 cm³/mol. The van der Waals surface area contributed by atoms with Gasteiger partial charge in [-0.25, -0.2) is 4.79 Å². The third-order valence-corrected chi connectivity index (χ3v) is 3.70. The van der Waals surface area contributed by atoms with Crippen molar-refractivity contribution < 1.29 is 19.1 Å². The number of carbonyl (C=O) groups excluding carboxylic acids is 2. The minimum atomic E-state index is -0.299. The zero-order valence-corrected chi connectivity index (χ0v) is 12.7. The molecule has 1 aromatic carbocycles. The third kappa shape index (κ3) is 3.39. The highest BCUT2D eigenvalue weighted by Crippen LogP contribution is 2.35. The summed E-state index contributed by atoms with van der Waals surface area (Å²) >= 11 is 0. The van der Waals surface area contributed by atoms with Crippen LogP contribution in [0.3, 0.4) is 0 Å². The van der Waals surface area contributed by atoms with Crippen LogP contribution in [-0.2, 0) is 4.79 Å². The summed E-state index contributed by atoms with van der Waals surface area (Å²) in [7, 11) is 0. The SMILES string of the molecule is C=CCNC(=O)N[C@@H]1CC(=O)N(c2ccc3c(c2)OCCO3)C1. The van der Waals surface area contributed by atoms with Gasteiger partial charge >= 0.3 is 6.03 Å². The number of nitrogens with zero attached hydrogens (tertiary/aromatic N) is 1. The van der Waals surface area contributed by atoms with E-state index in [1.165, 1.54) is 0 Å². The molecule has 1 saturated heterocycles. The van der Waals surface area contributed by atoms with Crippen LogP contribution in [0.15, 0.2) is 30.9 Å². The second-order valence-electron chi connectivity index (χ2n) is 5.38. The Morgan fingerprint density at radius 2 is 2.13 bits per heavy atom. The van der Waals surface area contributed by atoms with E-state index in [9.17, 15) is 9.59 Å². The lowest BCUT2D eigenvalue weighted by molar-refractivity contribution is -0.117. The first kappa shape index (κ1) is 15.2. The van der Waals surface area contributed by atoms with Crippen molar-refractivity contribution in [1.82, 2.24) is 10.6 Å². The summed E-state index contributed by atoms with van der Waals surface area (Å²) in [6.45, 7) is 5.38. The van der Waals surface area contributed by atoms with E-state index < -0.39 is 0 Å². The summed E-state index contributed by atoms with van der Waals surface area (Å²) in [5.41, 5.74) is 0.745. The van der Waals surface area contributed by atoms with E-state index in [1.807, 2.05) is 6.07 Å². The fourth-order valence-electron chi connectivity index (χ4n) is 2.66. The van der Waals surface area contributed by atoms with Crippen LogP contribution in [0.1, 0.15) is 6.42 Å². The highest BCUT2D eigenvalue weighted by atomic mass is 16.6. The van der Waals surface area contributed by atoms with Crippen LogP contribution in [0.25, 0.3) is 0 Å². The van der Waals surface area contributed by atoms with Crippen molar-refractivity contribution in [3.8, 4) is 11.5 Å². The maximum absolute atomic E-state index is 12.2. The lowest BCUT2D eigenvalue weighted by Crippen LogP contribution is -2.43. The zero-order chi connectivity index (χ0) is 16.2. The number of carbonyl (C=O) groups is 2. The number of rotatable bonds is 4. The van der Waals surface area contributed by atoms with Gasteiger partial charge in [0.25, 0.3) is 0 Å². The van der Waals surface area contributed by atoms with Gasteiger partial charge in [-0.1, -0.05) is 6.08 Å². The van der Waals surface area contributed by atoms with Gasteiger partial charge < -0.3 is 25.0 Å². The van der Waals surface area contributed by atoms with Crippen molar-refractivity contribution in [2.75, 3.05) is 31.2 Å². The second kappa shape index (κ2) is 6.60. The molecule has 0 saturated carbocycles. The molecule has 0 bridgehead atoms. The van der Waals surface area contributed by atoms with E-state index >= 15 is 0 Å². The van der Waals surface area contributed by atoms with Gasteiger partial charge in [0.15, 0.2) is 11.5 Å². The topological polar surface area (TPSA) is 79.9 Å². The lowest BCUT2D eigenvalue weighted by Gasteiger charge is -2.22. The molecule has 3 amide bonds. The number of ether oxygens (including phenoxy) is 2. The molecule has 1 atom stereocenters. The first-order valence-corrected chi connectivity index (χ1v) is 7.52. The molecule has 0 spiro atoms. The largest absolute Gasteiger partial charge is 0.486 e. The molecule has 23 heavy (non-hydrogen) atoms. The average molecular weight is 317 g/mol. The van der Waals surface area contributed by atoms with E-state index in [0.29, 0.717) is 37.8 Å². The smallest absolute Gasteiger partial charge is 0.315 e. The van der Waals surface area contributed by atoms with Gasteiger partial charge in [0.2, 0.25) is 5.91 Å². The number of fused-ring (bicyclic) bond motifs is 1. The van der Waals surface area contributed by atoms with Crippen molar-refractivity contribution in [2.45, 2.75) is 12.5 Å². The van der Waals surface area contributed by atoms with Crippen molar-refractivity contribution in [3.63, 3.8) is 0 Å². The van der Waals surface area contributed by atoms with Crippen LogP contribution in [0.4, 0.5) is 10.5 Å². The van der Waals surface area contributed by atoms with E-state index in [2.05, 4.69) is 17.2 Å². The highest BCUT2D eigenvalue weighted by Gasteiger charge is 2.32. The molecule has 0 aromatic heterocycles. The Hall–Kier alpha value is -2.70. The maximum atomic E-state index is 12.2. The fraction of sp³-hybridized carbons (Fsp3) is 0.375. The summed E-state index contributed by atoms with van der Waals surface area (Å²) in [6.07, 6.45) is 1.87. The number of nitrogens with one attached hydrogen (secondary N) is 2. The fourth-order valence-corrected chi connectivity index (χ4v) is 2.66. The van der Waals surface area contributed by atoms with Crippen LogP contribution in [0.5, 0.6) is 11.5 Å². The molecule has 2 N–H and O–H groups in total. The number of amides is 3. The lowest BCUT2D eigenvalue weighted by atomic mass is 10.2. The Bertz CT molecular complexity index is 632. The monoisotopic (exact) mass is 317 g/mol. The molecule has 7 nitrogen and oxygen atoms in total. The number of benzene rings is 1. The number of hydrogen-bond acceptors (Lipinski definition) is 4. The van der Waals surface area contributed by atoms with Crippen LogP contribution in [0.2, 0.25) is 0 Å². The van der Waals surface area contributed by atoms with Crippen LogP contribution in [-0.4, -0.2) is 44.3 Å². The normalized spacial score (nSPS) is 19.4. The predicted octanol–water partition coefficient (Wildman–Crippen LogP) is 1.05. The van der Waals surface area contributed by atoms with Crippen molar-refractivity contribution in [3.05, 3.63) is 30.9 Å². The molecular formula is C16H19N3O4. The Labute approximate surface area is 134 Å². The molecule has 0 radical (unpaired) electrons. The molecule has 2 heterocycles. The quantitative estimate of drug-likeness (QED) is 0.814. The minimum absolute atomic E-state index is 0.0318. The van der Waals surface area contributed by atoms with Gasteiger partial charge in [-0.2, -0.15) is 0 Å². The summed E-state index contributed by atoms with van der Waals surface area (Å²) in [5.74, 6) is 1.29. The van der Waals surface area contributed by atoms with Gasteiger partial charge in [0.1, 0.15) is 13.2 Å². The first-order chi connectivity index (χ1) is 11.2. The molecule has 2 aliphatic heterocycles. The summed E-state index contributed by atoms with van der Waals surface area (Å²) < 4.78 is 11.0. The van der Waals surface area contributed by atoms with E-state index in [4.69, 9.17) is 9.47 Å². The Morgan fingerprint density at radius 1 is 1.35 bits per heavy atom. The number of anilines is 1. The third-order valence-electron chi connectivity index (χ3n) is 3.70. The van der Waals surface area contributed by atoms with Crippen molar-refractivity contribution >= 4 is 17.6 Å². The van der Waals surface area contributed by atoms with E-state index in [0.717, 1.165) is 5.69 Å². The maximum Gasteiger partial charge on any atom is 0.315 e. The molecule has 122 valence electrons. The van der Waals surface area contributed by atoms with Crippen molar-refractivity contribution in [1.29, 1.82) is 0 Å². The average Bonchev–Trinajstić information content (AvgIpc) is 2.92. The van der Waals surface area contributed by atoms with Crippen LogP contribution >= 0.6 is 0 Å².